The van der Waals surface area contributed by atoms with Crippen LogP contribution in [0.4, 0.5) is 4.39 Å². The van der Waals surface area contributed by atoms with Gasteiger partial charge in [-0.2, -0.15) is 0 Å². The number of carbonyl (C=O) groups is 1. The average Bonchev–Trinajstić information content (AvgIpc) is 2.83. The van der Waals surface area contributed by atoms with Crippen molar-refractivity contribution in [3.8, 4) is 17.2 Å². The number of rotatable bonds is 12. The van der Waals surface area contributed by atoms with Crippen LogP contribution in [0.5, 0.6) is 17.2 Å². The molecule has 1 heterocycles. The second kappa shape index (κ2) is 13.1. The number of hydrogen-bond donors (Lipinski definition) is 1. The zero-order chi connectivity index (χ0) is 23.6. The van der Waals surface area contributed by atoms with Crippen molar-refractivity contribution < 1.29 is 52.9 Å². The zero-order valence-corrected chi connectivity index (χ0v) is 21.9. The van der Waals surface area contributed by atoms with Gasteiger partial charge in [-0.25, -0.2) is 0 Å². The second-order valence-electron chi connectivity index (χ2n) is 7.55. The van der Waals surface area contributed by atoms with Gasteiger partial charge in [0, 0.05) is 0 Å². The van der Waals surface area contributed by atoms with Crippen LogP contribution in [-0.4, -0.2) is 71.2 Å². The Hall–Kier alpha value is -1.96. The van der Waals surface area contributed by atoms with Crippen LogP contribution in [0, 0.1) is 24.7 Å². The van der Waals surface area contributed by atoms with E-state index in [0.29, 0.717) is 17.9 Å². The SMILES string of the molecule is COc1cc2c(cc1OC)CN(CCNC(=O)c1cc([At])ccc1OCCOCCF)CC2. The molecule has 180 valence electrons. The van der Waals surface area contributed by atoms with Crippen molar-refractivity contribution >= 4 is 9.18 Å². The molecule has 7 nitrogen and oxygen atoms in total. The number of fused-ring (bicyclic) bond motifs is 1. The summed E-state index contributed by atoms with van der Waals surface area (Å²) in [5.41, 5.74) is 2.99. The number of amides is 1. The Balaban J connectivity index is 1.53. The number of nitrogens with zero attached hydrogens (tertiary/aromatic N) is 1. The summed E-state index contributed by atoms with van der Waals surface area (Å²) in [7, 11) is 3.29. The zero-order valence-electron chi connectivity index (χ0n) is 19.0. The van der Waals surface area contributed by atoms with Crippen LogP contribution in [0.25, 0.3) is 0 Å². The minimum atomic E-state index is -0.523. The number of ether oxygens (including phenoxy) is 4. The molecule has 33 heavy (non-hydrogen) atoms. The van der Waals surface area contributed by atoms with E-state index in [1.807, 2.05) is 18.2 Å². The van der Waals surface area contributed by atoms with Gasteiger partial charge in [0.2, 0.25) is 0 Å². The number of nitrogens with one attached hydrogen (secondary N) is 1. The van der Waals surface area contributed by atoms with Crippen molar-refractivity contribution in [2.45, 2.75) is 13.0 Å². The van der Waals surface area contributed by atoms with Gasteiger partial charge in [-0.05, 0) is 0 Å². The molecule has 0 aliphatic carbocycles. The third kappa shape index (κ3) is 7.26. The molecule has 1 aliphatic rings. The summed E-state index contributed by atoms with van der Waals surface area (Å²) in [4.78, 5) is 15.1. The maximum atomic E-state index is 12.8. The number of hydrogen-bond acceptors (Lipinski definition) is 6. The van der Waals surface area contributed by atoms with E-state index in [1.54, 1.807) is 20.3 Å². The maximum absolute atomic E-state index is 12.8. The molecule has 1 N–H and O–H groups in total. The van der Waals surface area contributed by atoms with E-state index in [2.05, 4.69) is 16.3 Å². The van der Waals surface area contributed by atoms with Crippen molar-refractivity contribution in [1.29, 1.82) is 0 Å². The quantitative estimate of drug-likeness (QED) is 0.354. The first-order valence-electron chi connectivity index (χ1n) is 10.9. The topological polar surface area (TPSA) is 69.3 Å². The first-order chi connectivity index (χ1) is 16.0. The fourth-order valence-corrected chi connectivity index (χ4v) is 4.40. The van der Waals surface area contributed by atoms with E-state index in [0.717, 1.165) is 40.8 Å². The molecular weight excluding hydrogens is 625 g/mol. The molecule has 0 saturated carbocycles. The van der Waals surface area contributed by atoms with E-state index in [4.69, 9.17) is 18.9 Å². The van der Waals surface area contributed by atoms with Gasteiger partial charge in [-0.1, -0.05) is 0 Å². The van der Waals surface area contributed by atoms with Gasteiger partial charge in [0.25, 0.3) is 0 Å². The predicted octanol–water partition coefficient (Wildman–Crippen LogP) is 2.03. The molecular formula is C24H30AtFN2O5. The molecule has 1 aliphatic heterocycles. The number of alkyl halides is 1. The molecule has 0 saturated heterocycles. The summed E-state index contributed by atoms with van der Waals surface area (Å²) in [5.74, 6) is 1.82. The van der Waals surface area contributed by atoms with Gasteiger partial charge in [0.05, 0.1) is 14.2 Å². The van der Waals surface area contributed by atoms with Gasteiger partial charge in [-0.3, -0.25) is 0 Å². The van der Waals surface area contributed by atoms with Crippen LogP contribution in [0.3, 0.4) is 0 Å². The summed E-state index contributed by atoms with van der Waals surface area (Å²) >= 11 is 1.49. The van der Waals surface area contributed by atoms with Crippen LogP contribution < -0.4 is 22.8 Å². The van der Waals surface area contributed by atoms with Crippen LogP contribution in [0.2, 0.25) is 0 Å². The van der Waals surface area contributed by atoms with Crippen LogP contribution in [0.15, 0.2) is 30.3 Å². The third-order valence-electron chi connectivity index (χ3n) is 5.40. The Morgan fingerprint density at radius 1 is 1.06 bits per heavy atom. The molecule has 9 heteroatoms. The molecule has 3 rings (SSSR count). The van der Waals surface area contributed by atoms with Crippen molar-refractivity contribution in [1.82, 2.24) is 10.2 Å². The van der Waals surface area contributed by atoms with Crippen LogP contribution in [-0.2, 0) is 17.7 Å². The second-order valence-corrected chi connectivity index (χ2v) is 9.24. The van der Waals surface area contributed by atoms with Gasteiger partial charge < -0.3 is 9.47 Å². The van der Waals surface area contributed by atoms with E-state index >= 15 is 0 Å². The molecule has 0 spiro atoms. The molecule has 2 aromatic carbocycles. The van der Waals surface area contributed by atoms with Gasteiger partial charge in [-0.15, -0.1) is 0 Å². The van der Waals surface area contributed by atoms with Gasteiger partial charge in [0.1, 0.15) is 0 Å². The first kappa shape index (κ1) is 25.7. The van der Waals surface area contributed by atoms with E-state index in [1.165, 1.54) is 35.8 Å². The van der Waals surface area contributed by atoms with E-state index < -0.39 is 6.67 Å². The first-order valence-corrected chi connectivity index (χ1v) is 12.3. The number of methoxy groups -OCH3 is 2. The Bertz CT molecular complexity index is 943. The standard InChI is InChI=1S/C24H30AtFN2O5/c1-30-22-13-17-5-8-28(16-18(17)14-23(22)31-2)9-7-27-24(29)20-15-19(25)3-4-21(20)33-12-11-32-10-6-26/h3-4,13-15H,5-12,16H2,1-2H3,(H,27,29). The molecule has 2 aromatic rings. The molecule has 0 aromatic heterocycles. The Morgan fingerprint density at radius 3 is 2.55 bits per heavy atom. The average molecular weight is 656 g/mol. The van der Waals surface area contributed by atoms with Crippen LogP contribution in [0.1, 0.15) is 21.5 Å². The summed E-state index contributed by atoms with van der Waals surface area (Å²) in [6, 6.07) is 9.63. The summed E-state index contributed by atoms with van der Waals surface area (Å²) in [6.07, 6.45) is 0.922. The number of carbonyl (C=O) groups excluding carboxylic acids is 1. The number of benzene rings is 2. The molecule has 1 amide bonds. The van der Waals surface area contributed by atoms with Crippen molar-refractivity contribution in [2.75, 3.05) is 60.3 Å². The normalized spacial score (nSPS) is 13.3. The third-order valence-corrected chi connectivity index (χ3v) is 6.32. The van der Waals surface area contributed by atoms with Gasteiger partial charge >= 0.3 is 180 Å². The van der Waals surface area contributed by atoms with Crippen molar-refractivity contribution in [2.24, 2.45) is 0 Å². The molecule has 0 radical (unpaired) electrons. The Kier molecular flexibility index (Phi) is 10.2. The Labute approximate surface area is 209 Å². The van der Waals surface area contributed by atoms with Gasteiger partial charge in [0.15, 0.2) is 5.75 Å². The van der Waals surface area contributed by atoms with E-state index in [-0.39, 0.29) is 25.7 Å². The molecule has 0 bridgehead atoms. The summed E-state index contributed by atoms with van der Waals surface area (Å²) in [6.45, 7) is 3.04. The molecule has 0 fully saturated rings. The fourth-order valence-electron chi connectivity index (χ4n) is 3.73. The van der Waals surface area contributed by atoms with Crippen LogP contribution >= 0.6 is 0 Å². The predicted molar refractivity (Wildman–Crippen MR) is 119 cm³/mol. The molecule has 0 atom stereocenters. The fraction of sp³-hybridized carbons (Fsp3) is 0.458. The van der Waals surface area contributed by atoms with Crippen molar-refractivity contribution in [3.63, 3.8) is 0 Å². The summed E-state index contributed by atoms with van der Waals surface area (Å²) in [5, 5.41) is 3.01. The van der Waals surface area contributed by atoms with E-state index in [9.17, 15) is 9.18 Å². The molecule has 0 unspecified atom stereocenters. The monoisotopic (exact) mass is 655 g/mol. The Morgan fingerprint density at radius 2 is 1.82 bits per heavy atom. The summed E-state index contributed by atoms with van der Waals surface area (Å²) < 4.78 is 34.8. The van der Waals surface area contributed by atoms with Crippen molar-refractivity contribution in [3.05, 3.63) is 47.0 Å². The number of halogens is 1. The minimum absolute atomic E-state index is 0.0497.